The Hall–Kier alpha value is -2.35. The third kappa shape index (κ3) is 1.46. The number of carboxylic acid groups (broad SMARTS) is 1. The van der Waals surface area contributed by atoms with Crippen LogP contribution in [0.4, 0.5) is 0 Å². The second kappa shape index (κ2) is 3.59. The molecule has 0 radical (unpaired) electrons. The summed E-state index contributed by atoms with van der Waals surface area (Å²) in [5.41, 5.74) is 0.962. The molecule has 0 saturated carbocycles. The molecule has 2 heteroatoms. The van der Waals surface area contributed by atoms with E-state index in [2.05, 4.69) is 18.2 Å². The van der Waals surface area contributed by atoms with Crippen LogP contribution in [0.25, 0.3) is 6.08 Å². The zero-order valence-corrected chi connectivity index (χ0v) is 9.05. The lowest BCUT2D eigenvalue weighted by Crippen LogP contribution is -1.94. The molecule has 0 aromatic heterocycles. The molecule has 0 heterocycles. The van der Waals surface area contributed by atoms with Crippen LogP contribution in [0.5, 0.6) is 0 Å². The minimum absolute atomic E-state index is 0.921. The average molecular weight is 222 g/mol. The summed E-state index contributed by atoms with van der Waals surface area (Å²) in [6.07, 6.45) is 2.83. The molecule has 2 nitrogen and oxygen atoms in total. The highest BCUT2D eigenvalue weighted by molar-refractivity contribution is 5.85. The highest BCUT2D eigenvalue weighted by Gasteiger charge is 2.04. The highest BCUT2D eigenvalue weighted by Crippen LogP contribution is 2.17. The molecule has 0 fully saturated rings. The van der Waals surface area contributed by atoms with E-state index in [0.29, 0.717) is 0 Å². The predicted molar refractivity (Wildman–Crippen MR) is 64.9 cm³/mol. The molecule has 0 bridgehead atoms. The fourth-order valence-corrected chi connectivity index (χ4v) is 2.27. The van der Waals surface area contributed by atoms with Gasteiger partial charge in [0.1, 0.15) is 0 Å². The minimum Gasteiger partial charge on any atom is -0.478 e. The Morgan fingerprint density at radius 2 is 1.65 bits per heavy atom. The molecule has 1 N–H and O–H groups in total. The van der Waals surface area contributed by atoms with E-state index in [1.165, 1.54) is 21.7 Å². The normalized spacial score (nSPS) is 11.8. The van der Waals surface area contributed by atoms with Crippen molar-refractivity contribution in [2.24, 2.45) is 0 Å². The van der Waals surface area contributed by atoms with Gasteiger partial charge < -0.3 is 5.11 Å². The minimum atomic E-state index is -0.921. The number of aliphatic carboxylic acids is 1. The molecule has 0 saturated heterocycles. The molecule has 2 aromatic carbocycles. The Bertz CT molecular complexity index is 817. The molecular formula is C15H10O2. The largest absolute Gasteiger partial charge is 0.478 e. The number of hydrogen-bond donors (Lipinski definition) is 1. The molecule has 82 valence electrons. The van der Waals surface area contributed by atoms with Crippen LogP contribution >= 0.6 is 0 Å². The van der Waals surface area contributed by atoms with Gasteiger partial charge in [-0.25, -0.2) is 4.79 Å². The zero-order chi connectivity index (χ0) is 11.8. The lowest BCUT2D eigenvalue weighted by atomic mass is 9.97. The Balaban J connectivity index is 2.33. The van der Waals surface area contributed by atoms with E-state index in [1.54, 1.807) is 6.08 Å². The van der Waals surface area contributed by atoms with Crippen LogP contribution in [0.3, 0.4) is 0 Å². The summed E-state index contributed by atoms with van der Waals surface area (Å²) in [5.74, 6) is -0.921. The van der Waals surface area contributed by atoms with E-state index in [0.717, 1.165) is 10.8 Å². The molecule has 17 heavy (non-hydrogen) atoms. The first kappa shape index (κ1) is 9.85. The van der Waals surface area contributed by atoms with Crippen LogP contribution in [0.2, 0.25) is 0 Å². The van der Waals surface area contributed by atoms with Crippen LogP contribution in [-0.2, 0) is 4.79 Å². The smallest absolute Gasteiger partial charge is 0.328 e. The summed E-state index contributed by atoms with van der Waals surface area (Å²) in [5, 5.41) is 13.5. The SMILES string of the molecule is O=C(O)C=Cc1cccc2c1=c1ccccc1=2. The van der Waals surface area contributed by atoms with Gasteiger partial charge in [0.2, 0.25) is 0 Å². The third-order valence-electron chi connectivity index (χ3n) is 2.99. The second-order valence-electron chi connectivity index (χ2n) is 3.99. The topological polar surface area (TPSA) is 37.3 Å². The summed E-state index contributed by atoms with van der Waals surface area (Å²) in [6.45, 7) is 0. The van der Waals surface area contributed by atoms with Crippen LogP contribution in [0.1, 0.15) is 5.56 Å². The number of hydrogen-bond acceptors (Lipinski definition) is 1. The maximum atomic E-state index is 10.5. The standard InChI is InChI=1S/C15H10O2/c16-14(17)9-8-10-4-3-7-13-11-5-1-2-6-12(11)15(10)13/h1-9H,(H,16,17). The molecule has 2 aromatic rings. The molecule has 0 atom stereocenters. The van der Waals surface area contributed by atoms with E-state index in [9.17, 15) is 4.79 Å². The van der Waals surface area contributed by atoms with Crippen molar-refractivity contribution in [3.8, 4) is 0 Å². The van der Waals surface area contributed by atoms with Crippen molar-refractivity contribution in [3.63, 3.8) is 0 Å². The number of rotatable bonds is 2. The Labute approximate surface area is 97.5 Å². The number of fused-ring (bicyclic) bond motifs is 2. The number of carboxylic acids is 1. The maximum Gasteiger partial charge on any atom is 0.328 e. The highest BCUT2D eigenvalue weighted by atomic mass is 16.4. The van der Waals surface area contributed by atoms with Crippen molar-refractivity contribution in [2.75, 3.05) is 0 Å². The third-order valence-corrected chi connectivity index (χ3v) is 2.99. The van der Waals surface area contributed by atoms with E-state index in [4.69, 9.17) is 5.11 Å². The summed E-state index contributed by atoms with van der Waals surface area (Å²) < 4.78 is 0. The van der Waals surface area contributed by atoms with Gasteiger partial charge in [-0.2, -0.15) is 0 Å². The van der Waals surface area contributed by atoms with Crippen LogP contribution in [0.15, 0.2) is 48.5 Å². The average Bonchev–Trinajstić information content (AvgIpc) is 2.33. The summed E-state index contributed by atoms with van der Waals surface area (Å²) in [4.78, 5) is 10.5. The zero-order valence-electron chi connectivity index (χ0n) is 9.05. The van der Waals surface area contributed by atoms with Gasteiger partial charge >= 0.3 is 5.97 Å². The molecule has 1 aliphatic carbocycles. The first-order valence-electron chi connectivity index (χ1n) is 5.41. The van der Waals surface area contributed by atoms with Crippen molar-refractivity contribution >= 4 is 12.0 Å². The summed E-state index contributed by atoms with van der Waals surface area (Å²) >= 11 is 0. The van der Waals surface area contributed by atoms with Crippen LogP contribution in [-0.4, -0.2) is 11.1 Å². The molecule has 1 aliphatic rings. The van der Waals surface area contributed by atoms with Gasteiger partial charge in [0, 0.05) is 6.08 Å². The first-order valence-corrected chi connectivity index (χ1v) is 5.41. The van der Waals surface area contributed by atoms with Gasteiger partial charge in [0.05, 0.1) is 0 Å². The lowest BCUT2D eigenvalue weighted by Gasteiger charge is -2.06. The van der Waals surface area contributed by atoms with Gasteiger partial charge in [-0.15, -0.1) is 0 Å². The van der Waals surface area contributed by atoms with E-state index >= 15 is 0 Å². The van der Waals surface area contributed by atoms with Crippen molar-refractivity contribution in [3.05, 3.63) is 75.0 Å². The van der Waals surface area contributed by atoms with Gasteiger partial charge in [0.15, 0.2) is 0 Å². The quantitative estimate of drug-likeness (QED) is 0.677. The van der Waals surface area contributed by atoms with Gasteiger partial charge in [-0.05, 0) is 32.5 Å². The number of carbonyl (C=O) groups is 1. The molecule has 0 amide bonds. The summed E-state index contributed by atoms with van der Waals surface area (Å²) in [7, 11) is 0. The van der Waals surface area contributed by atoms with Crippen molar-refractivity contribution in [1.29, 1.82) is 0 Å². The van der Waals surface area contributed by atoms with E-state index in [-0.39, 0.29) is 0 Å². The fraction of sp³-hybridized carbons (Fsp3) is 0. The van der Waals surface area contributed by atoms with Crippen LogP contribution in [0, 0.1) is 20.9 Å². The van der Waals surface area contributed by atoms with Gasteiger partial charge in [0.25, 0.3) is 0 Å². The summed E-state index contributed by atoms with van der Waals surface area (Å²) in [6, 6.07) is 14.1. The van der Waals surface area contributed by atoms with E-state index in [1.807, 2.05) is 24.3 Å². The Morgan fingerprint density at radius 3 is 2.41 bits per heavy atom. The van der Waals surface area contributed by atoms with E-state index < -0.39 is 5.97 Å². The molecule has 0 unspecified atom stereocenters. The molecular weight excluding hydrogens is 212 g/mol. The first-order chi connectivity index (χ1) is 8.27. The predicted octanol–water partition coefficient (Wildman–Crippen LogP) is 2.67. The van der Waals surface area contributed by atoms with Gasteiger partial charge in [-0.3, -0.25) is 0 Å². The molecule has 3 rings (SSSR count). The Morgan fingerprint density at radius 1 is 0.941 bits per heavy atom. The molecule has 0 spiro atoms. The number of benzene rings is 2. The van der Waals surface area contributed by atoms with Crippen molar-refractivity contribution < 1.29 is 9.90 Å². The second-order valence-corrected chi connectivity index (χ2v) is 3.99. The van der Waals surface area contributed by atoms with Crippen LogP contribution < -0.4 is 0 Å². The van der Waals surface area contributed by atoms with Gasteiger partial charge in [-0.1, -0.05) is 42.5 Å². The fourth-order valence-electron chi connectivity index (χ4n) is 2.27. The maximum absolute atomic E-state index is 10.5. The Kier molecular flexibility index (Phi) is 2.08. The van der Waals surface area contributed by atoms with Crippen molar-refractivity contribution in [2.45, 2.75) is 0 Å². The lowest BCUT2D eigenvalue weighted by molar-refractivity contribution is -0.131. The molecule has 0 aliphatic heterocycles. The van der Waals surface area contributed by atoms with Crippen molar-refractivity contribution in [1.82, 2.24) is 0 Å². The monoisotopic (exact) mass is 222 g/mol.